The minimum absolute atomic E-state index is 0.0102. The summed E-state index contributed by atoms with van der Waals surface area (Å²) in [6.07, 6.45) is 2.82. The lowest BCUT2D eigenvalue weighted by Gasteiger charge is -2.14. The summed E-state index contributed by atoms with van der Waals surface area (Å²) in [5.74, 6) is 0. The van der Waals surface area contributed by atoms with Crippen molar-refractivity contribution in [2.24, 2.45) is 0 Å². The number of pyridine rings is 3. The van der Waals surface area contributed by atoms with Crippen molar-refractivity contribution < 1.29 is 16.8 Å². The summed E-state index contributed by atoms with van der Waals surface area (Å²) in [6, 6.07) is 16.4. The highest BCUT2D eigenvalue weighted by Crippen LogP contribution is 2.38. The second-order valence-corrected chi connectivity index (χ2v) is 7.51. The Kier molecular flexibility index (Phi) is 2.52. The fourth-order valence-corrected chi connectivity index (χ4v) is 4.13. The zero-order valence-electron chi connectivity index (χ0n) is 25.7. The smallest absolute Gasteiger partial charge is 0.227 e. The van der Waals surface area contributed by atoms with Crippen LogP contribution in [0, 0.1) is 20.6 Å². The maximum Gasteiger partial charge on any atom is 0.227 e. The Labute approximate surface area is 198 Å². The van der Waals surface area contributed by atoms with Gasteiger partial charge in [0.25, 0.3) is 0 Å². The zero-order valence-corrected chi connectivity index (χ0v) is 16.7. The molecular formula is C28H21N3O. The van der Waals surface area contributed by atoms with Gasteiger partial charge in [0.15, 0.2) is 0 Å². The third-order valence-corrected chi connectivity index (χ3v) is 5.60. The Morgan fingerprint density at radius 1 is 0.781 bits per heavy atom. The average molecular weight is 425 g/mol. The largest absolute Gasteiger partial charge is 0.437 e. The second-order valence-electron chi connectivity index (χ2n) is 7.51. The first-order chi connectivity index (χ1) is 19.2. The number of para-hydroxylation sites is 1. The molecule has 0 aliphatic carbocycles. The molecular weight excluding hydrogens is 394 g/mol. The summed E-state index contributed by atoms with van der Waals surface area (Å²) in [4.78, 5) is 13.0. The molecule has 0 aliphatic heterocycles. The first kappa shape index (κ1) is 11.5. The van der Waals surface area contributed by atoms with Crippen LogP contribution in [0.25, 0.3) is 55.4 Å². The van der Waals surface area contributed by atoms with Crippen molar-refractivity contribution in [1.82, 2.24) is 15.0 Å². The van der Waals surface area contributed by atoms with Crippen LogP contribution in [0.4, 0.5) is 0 Å². The Bertz CT molecular complexity index is 1970. The highest BCUT2D eigenvalue weighted by atomic mass is 16.3. The van der Waals surface area contributed by atoms with E-state index in [9.17, 15) is 0 Å². The van der Waals surface area contributed by atoms with Gasteiger partial charge in [0.05, 0.1) is 11.2 Å². The van der Waals surface area contributed by atoms with Crippen LogP contribution in [0.3, 0.4) is 0 Å². The summed E-state index contributed by atoms with van der Waals surface area (Å²) in [6.45, 7) is -7.55. The lowest BCUT2D eigenvalue weighted by molar-refractivity contribution is 0.653. The predicted octanol–water partition coefficient (Wildman–Crippen LogP) is 7.18. The molecule has 0 saturated carbocycles. The number of hydrogen-bond acceptors (Lipinski definition) is 4. The molecule has 0 amide bonds. The van der Waals surface area contributed by atoms with Crippen molar-refractivity contribution in [1.29, 1.82) is 0 Å². The van der Waals surface area contributed by atoms with Gasteiger partial charge < -0.3 is 4.42 Å². The maximum atomic E-state index is 8.21. The Morgan fingerprint density at radius 2 is 1.72 bits per heavy atom. The number of aromatic nitrogens is 3. The molecule has 4 aromatic heterocycles. The summed E-state index contributed by atoms with van der Waals surface area (Å²) in [7, 11) is 0. The quantitative estimate of drug-likeness (QED) is 0.295. The van der Waals surface area contributed by atoms with Crippen molar-refractivity contribution in [2.45, 2.75) is 20.6 Å². The van der Waals surface area contributed by atoms with Crippen LogP contribution in [0.2, 0.25) is 0 Å². The number of nitrogens with zero attached hydrogens (tertiary/aromatic N) is 3. The van der Waals surface area contributed by atoms with Gasteiger partial charge in [0, 0.05) is 52.1 Å². The van der Waals surface area contributed by atoms with E-state index in [-0.39, 0.29) is 33.7 Å². The van der Waals surface area contributed by atoms with Gasteiger partial charge >= 0.3 is 0 Å². The molecule has 4 nitrogen and oxygen atoms in total. The van der Waals surface area contributed by atoms with Gasteiger partial charge in [-0.25, -0.2) is 4.98 Å². The molecule has 32 heavy (non-hydrogen) atoms. The number of aryl methyl sites for hydroxylation is 3. The number of fused-ring (bicyclic) bond motifs is 4. The first-order valence-corrected chi connectivity index (χ1v) is 9.96. The number of hydrogen-bond donors (Lipinski definition) is 0. The molecule has 0 fully saturated rings. The van der Waals surface area contributed by atoms with Crippen molar-refractivity contribution in [3.8, 4) is 22.4 Å². The van der Waals surface area contributed by atoms with Crippen LogP contribution in [0.1, 0.15) is 29.2 Å². The predicted molar refractivity (Wildman–Crippen MR) is 130 cm³/mol. The fraction of sp³-hybridized carbons (Fsp3) is 0.107. The van der Waals surface area contributed by atoms with E-state index in [1.54, 1.807) is 48.7 Å². The van der Waals surface area contributed by atoms with Gasteiger partial charge in [0.1, 0.15) is 5.58 Å². The fourth-order valence-electron chi connectivity index (χ4n) is 4.13. The number of rotatable bonds is 2. The van der Waals surface area contributed by atoms with Crippen molar-refractivity contribution >= 4 is 33.0 Å². The van der Waals surface area contributed by atoms with Crippen LogP contribution in [0.5, 0.6) is 0 Å². The van der Waals surface area contributed by atoms with E-state index in [4.69, 9.17) is 16.8 Å². The standard InChI is InChI=1S/C28H21N3O/c1-16-9-12-24-21(8-5-13-29-24)26(16)23-14-25(30-15-17(23)2)22-7-4-6-19-20-11-10-18(3)31-28(20)32-27(19)22/h4-15H,1-3H3/i1D3,2D3,3D3. The third kappa shape index (κ3) is 2.80. The molecule has 0 N–H and O–H groups in total. The van der Waals surface area contributed by atoms with Crippen LogP contribution < -0.4 is 0 Å². The SMILES string of the molecule is [2H]C([2H])([2H])c1ccc2c(n1)oc1c(-c3cc(-c4c(C([2H])([2H])[2H])ccc5ncccc45)c(C([2H])([2H])[2H])cn3)cccc12. The Hall–Kier alpha value is -4.05. The van der Waals surface area contributed by atoms with E-state index < -0.39 is 20.6 Å². The molecule has 0 atom stereocenters. The summed E-state index contributed by atoms with van der Waals surface area (Å²) in [5, 5.41) is 1.77. The molecule has 4 heterocycles. The van der Waals surface area contributed by atoms with Gasteiger partial charge in [-0.2, -0.15) is 0 Å². The van der Waals surface area contributed by atoms with Crippen molar-refractivity contribution in [2.75, 3.05) is 0 Å². The van der Waals surface area contributed by atoms with E-state index in [0.29, 0.717) is 38.5 Å². The summed E-state index contributed by atoms with van der Waals surface area (Å²) >= 11 is 0. The van der Waals surface area contributed by atoms with Crippen LogP contribution in [-0.4, -0.2) is 15.0 Å². The molecule has 0 bridgehead atoms. The minimum atomic E-state index is -2.60. The molecule has 6 aromatic rings. The topological polar surface area (TPSA) is 51.8 Å². The summed E-state index contributed by atoms with van der Waals surface area (Å²) in [5.41, 5.74) is 2.10. The molecule has 154 valence electrons. The van der Waals surface area contributed by atoms with Crippen molar-refractivity contribution in [3.05, 3.63) is 89.9 Å². The first-order valence-electron chi connectivity index (χ1n) is 14.5. The normalized spacial score (nSPS) is 16.9. The second kappa shape index (κ2) is 6.99. The van der Waals surface area contributed by atoms with E-state index in [2.05, 4.69) is 15.0 Å². The average Bonchev–Trinajstić information content (AvgIpc) is 3.29. The minimum Gasteiger partial charge on any atom is -0.437 e. The van der Waals surface area contributed by atoms with Gasteiger partial charge in [-0.3, -0.25) is 9.97 Å². The highest BCUT2D eigenvalue weighted by molar-refractivity contribution is 6.08. The van der Waals surface area contributed by atoms with Crippen LogP contribution in [0.15, 0.2) is 77.5 Å². The van der Waals surface area contributed by atoms with E-state index in [1.807, 2.05) is 6.07 Å². The monoisotopic (exact) mass is 424 g/mol. The molecule has 0 spiro atoms. The molecule has 0 saturated heterocycles. The van der Waals surface area contributed by atoms with Gasteiger partial charge in [0.2, 0.25) is 5.71 Å². The molecule has 2 aromatic carbocycles. The maximum absolute atomic E-state index is 8.21. The highest BCUT2D eigenvalue weighted by Gasteiger charge is 2.17. The lowest BCUT2D eigenvalue weighted by Crippen LogP contribution is -1.94. The van der Waals surface area contributed by atoms with Gasteiger partial charge in [-0.1, -0.05) is 24.3 Å². The number of furan rings is 1. The van der Waals surface area contributed by atoms with Gasteiger partial charge in [-0.05, 0) is 79.2 Å². The van der Waals surface area contributed by atoms with Gasteiger partial charge in [-0.15, -0.1) is 0 Å². The van der Waals surface area contributed by atoms with E-state index >= 15 is 0 Å². The van der Waals surface area contributed by atoms with Crippen LogP contribution in [-0.2, 0) is 0 Å². The Morgan fingerprint density at radius 3 is 2.62 bits per heavy atom. The molecule has 6 rings (SSSR count). The number of benzene rings is 2. The molecule has 0 aliphatic rings. The zero-order chi connectivity index (χ0) is 29.3. The van der Waals surface area contributed by atoms with Crippen molar-refractivity contribution in [3.63, 3.8) is 0 Å². The third-order valence-electron chi connectivity index (χ3n) is 5.60. The summed E-state index contributed by atoms with van der Waals surface area (Å²) < 4.78 is 78.4. The lowest BCUT2D eigenvalue weighted by atomic mass is 9.92. The molecule has 0 radical (unpaired) electrons. The van der Waals surface area contributed by atoms with Crippen LogP contribution >= 0.6 is 0 Å². The van der Waals surface area contributed by atoms with E-state index in [1.165, 1.54) is 18.3 Å². The molecule has 4 heteroatoms. The Balaban J connectivity index is 1.66. The molecule has 0 unspecified atom stereocenters. The van der Waals surface area contributed by atoms with E-state index in [0.717, 1.165) is 0 Å².